The van der Waals surface area contributed by atoms with Crippen molar-refractivity contribution in [1.82, 2.24) is 0 Å². The molecule has 0 aromatic carbocycles. The smallest absolute Gasteiger partial charge is 0.186 e. The van der Waals surface area contributed by atoms with Crippen LogP contribution in [-0.4, -0.2) is 27.3 Å². The van der Waals surface area contributed by atoms with E-state index in [9.17, 15) is 0 Å². The SMILES string of the molecule is CCCSC(CC)[Si](C)(C)O[Si](C)(C)C. The van der Waals surface area contributed by atoms with Crippen LogP contribution in [0.1, 0.15) is 26.7 Å². The van der Waals surface area contributed by atoms with Crippen LogP contribution in [0.2, 0.25) is 32.7 Å². The standard InChI is InChI=1S/C11H28OSSi2/c1-8-10-13-11(9-2)15(6,7)12-14(3,4)5/h11H,8-10H2,1-7H3. The highest BCUT2D eigenvalue weighted by Crippen LogP contribution is 2.29. The first-order valence-corrected chi connectivity index (χ1v) is 13.5. The zero-order chi connectivity index (χ0) is 12.1. The van der Waals surface area contributed by atoms with Crippen LogP contribution >= 0.6 is 11.8 Å². The molecule has 0 aromatic rings. The van der Waals surface area contributed by atoms with Crippen molar-refractivity contribution < 1.29 is 4.12 Å². The fourth-order valence-electron chi connectivity index (χ4n) is 1.93. The predicted molar refractivity (Wildman–Crippen MR) is 78.7 cm³/mol. The summed E-state index contributed by atoms with van der Waals surface area (Å²) in [5.41, 5.74) is 0. The second-order valence-electron chi connectivity index (χ2n) is 5.59. The molecule has 0 radical (unpaired) electrons. The van der Waals surface area contributed by atoms with Crippen LogP contribution in [0, 0.1) is 0 Å². The van der Waals surface area contributed by atoms with Gasteiger partial charge in [0.1, 0.15) is 0 Å². The summed E-state index contributed by atoms with van der Waals surface area (Å²) >= 11 is 2.13. The Labute approximate surface area is 103 Å². The van der Waals surface area contributed by atoms with E-state index in [0.717, 1.165) is 4.87 Å². The molecule has 0 fully saturated rings. The summed E-state index contributed by atoms with van der Waals surface area (Å²) in [5.74, 6) is 1.28. The van der Waals surface area contributed by atoms with Crippen molar-refractivity contribution in [3.05, 3.63) is 0 Å². The van der Waals surface area contributed by atoms with E-state index in [-0.39, 0.29) is 0 Å². The normalized spacial score (nSPS) is 15.4. The molecule has 15 heavy (non-hydrogen) atoms. The van der Waals surface area contributed by atoms with Gasteiger partial charge in [-0.15, -0.1) is 0 Å². The van der Waals surface area contributed by atoms with E-state index < -0.39 is 16.6 Å². The molecule has 1 atom stereocenters. The van der Waals surface area contributed by atoms with Gasteiger partial charge in [0.15, 0.2) is 16.6 Å². The summed E-state index contributed by atoms with van der Waals surface area (Å²) in [6.07, 6.45) is 2.53. The monoisotopic (exact) mass is 264 g/mol. The summed E-state index contributed by atoms with van der Waals surface area (Å²) in [4.78, 5) is 0.768. The quantitative estimate of drug-likeness (QED) is 0.626. The van der Waals surface area contributed by atoms with Crippen LogP contribution in [0.15, 0.2) is 0 Å². The van der Waals surface area contributed by atoms with Crippen molar-refractivity contribution in [1.29, 1.82) is 0 Å². The summed E-state index contributed by atoms with van der Waals surface area (Å²) in [7, 11) is -2.84. The molecule has 4 heteroatoms. The highest BCUT2D eigenvalue weighted by atomic mass is 32.2. The lowest BCUT2D eigenvalue weighted by atomic mass is 10.6. The Kier molecular flexibility index (Phi) is 6.79. The van der Waals surface area contributed by atoms with Gasteiger partial charge in [0, 0.05) is 4.87 Å². The Morgan fingerprint density at radius 2 is 1.60 bits per heavy atom. The maximum Gasteiger partial charge on any atom is 0.186 e. The van der Waals surface area contributed by atoms with Gasteiger partial charge < -0.3 is 4.12 Å². The summed E-state index contributed by atoms with van der Waals surface area (Å²) in [6, 6.07) is 0. The average Bonchev–Trinajstić information content (AvgIpc) is 2.00. The molecule has 0 amide bonds. The lowest BCUT2D eigenvalue weighted by molar-refractivity contribution is 0.542. The third kappa shape index (κ3) is 6.82. The molecule has 92 valence electrons. The van der Waals surface area contributed by atoms with Gasteiger partial charge in [0.25, 0.3) is 0 Å². The van der Waals surface area contributed by atoms with Gasteiger partial charge in [-0.25, -0.2) is 0 Å². The van der Waals surface area contributed by atoms with E-state index in [1.165, 1.54) is 18.6 Å². The molecule has 1 unspecified atom stereocenters. The van der Waals surface area contributed by atoms with Crippen LogP contribution in [0.3, 0.4) is 0 Å². The Morgan fingerprint density at radius 1 is 1.07 bits per heavy atom. The van der Waals surface area contributed by atoms with Crippen LogP contribution in [0.4, 0.5) is 0 Å². The molecule has 0 rings (SSSR count). The van der Waals surface area contributed by atoms with Crippen LogP contribution in [-0.2, 0) is 4.12 Å². The van der Waals surface area contributed by atoms with Crippen molar-refractivity contribution in [2.75, 3.05) is 5.75 Å². The average molecular weight is 265 g/mol. The molecule has 0 bridgehead atoms. The van der Waals surface area contributed by atoms with E-state index in [0.29, 0.717) is 0 Å². The lowest BCUT2D eigenvalue weighted by Crippen LogP contribution is -2.50. The third-order valence-electron chi connectivity index (χ3n) is 2.24. The second kappa shape index (κ2) is 6.47. The van der Waals surface area contributed by atoms with E-state index in [1.807, 2.05) is 0 Å². The first-order valence-electron chi connectivity index (χ1n) is 6.04. The number of thioether (sulfide) groups is 1. The van der Waals surface area contributed by atoms with Gasteiger partial charge in [-0.1, -0.05) is 13.8 Å². The molecular weight excluding hydrogens is 236 g/mol. The number of hydrogen-bond donors (Lipinski definition) is 0. The molecule has 0 spiro atoms. The zero-order valence-electron chi connectivity index (χ0n) is 11.5. The minimum absolute atomic E-state index is 0.768. The van der Waals surface area contributed by atoms with E-state index >= 15 is 0 Å². The van der Waals surface area contributed by atoms with Crippen molar-refractivity contribution in [2.24, 2.45) is 0 Å². The lowest BCUT2D eigenvalue weighted by Gasteiger charge is -2.37. The van der Waals surface area contributed by atoms with Crippen LogP contribution < -0.4 is 0 Å². The van der Waals surface area contributed by atoms with Crippen molar-refractivity contribution >= 4 is 28.4 Å². The van der Waals surface area contributed by atoms with E-state index in [2.05, 4.69) is 58.3 Å². The van der Waals surface area contributed by atoms with Gasteiger partial charge in [0.05, 0.1) is 0 Å². The maximum atomic E-state index is 6.43. The highest BCUT2D eigenvalue weighted by molar-refractivity contribution is 8.01. The fraction of sp³-hybridized carbons (Fsp3) is 1.00. The highest BCUT2D eigenvalue weighted by Gasteiger charge is 2.36. The van der Waals surface area contributed by atoms with Crippen molar-refractivity contribution in [3.8, 4) is 0 Å². The molecule has 0 saturated carbocycles. The maximum absolute atomic E-state index is 6.43. The molecule has 0 aromatic heterocycles. The summed E-state index contributed by atoms with van der Waals surface area (Å²) in [5, 5.41) is 0. The number of hydrogen-bond acceptors (Lipinski definition) is 2. The Morgan fingerprint density at radius 3 is 1.93 bits per heavy atom. The molecule has 1 nitrogen and oxygen atoms in total. The predicted octanol–water partition coefficient (Wildman–Crippen LogP) is 4.50. The summed E-state index contributed by atoms with van der Waals surface area (Å²) < 4.78 is 6.43. The van der Waals surface area contributed by atoms with E-state index in [4.69, 9.17) is 4.12 Å². The van der Waals surface area contributed by atoms with Crippen molar-refractivity contribution in [2.45, 2.75) is 64.3 Å². The second-order valence-corrected chi connectivity index (χ2v) is 16.3. The largest absolute Gasteiger partial charge is 0.455 e. The minimum Gasteiger partial charge on any atom is -0.455 e. The molecule has 0 aliphatic rings. The Hall–Kier alpha value is 0.744. The van der Waals surface area contributed by atoms with Crippen LogP contribution in [0.25, 0.3) is 0 Å². The van der Waals surface area contributed by atoms with Gasteiger partial charge in [-0.05, 0) is 51.3 Å². The molecule has 0 N–H and O–H groups in total. The van der Waals surface area contributed by atoms with Gasteiger partial charge in [-0.3, -0.25) is 0 Å². The van der Waals surface area contributed by atoms with E-state index in [1.54, 1.807) is 0 Å². The first-order chi connectivity index (χ1) is 6.73. The molecule has 0 saturated heterocycles. The van der Waals surface area contributed by atoms with Crippen LogP contribution in [0.5, 0.6) is 0 Å². The summed E-state index contributed by atoms with van der Waals surface area (Å²) in [6.45, 7) is 16.3. The molecule has 0 aliphatic heterocycles. The van der Waals surface area contributed by atoms with Crippen molar-refractivity contribution in [3.63, 3.8) is 0 Å². The van der Waals surface area contributed by atoms with Gasteiger partial charge >= 0.3 is 0 Å². The molecule has 0 aliphatic carbocycles. The van der Waals surface area contributed by atoms with Gasteiger partial charge in [-0.2, -0.15) is 11.8 Å². The third-order valence-corrected chi connectivity index (χ3v) is 12.3. The number of rotatable bonds is 7. The first kappa shape index (κ1) is 15.7. The Bertz CT molecular complexity index is 178. The topological polar surface area (TPSA) is 9.23 Å². The van der Waals surface area contributed by atoms with Gasteiger partial charge in [0.2, 0.25) is 0 Å². The fourth-order valence-corrected chi connectivity index (χ4v) is 12.9. The minimum atomic E-state index is -1.48. The zero-order valence-corrected chi connectivity index (χ0v) is 14.3. The molecular formula is C11H28OSSi2. The molecule has 0 heterocycles. The Balaban J connectivity index is 4.37.